The van der Waals surface area contributed by atoms with Crippen LogP contribution in [0.2, 0.25) is 0 Å². The van der Waals surface area contributed by atoms with Gasteiger partial charge in [-0.3, -0.25) is 14.4 Å². The largest absolute Gasteiger partial charge is 0.495 e. The average molecular weight is 607 g/mol. The number of aryl methyl sites for hydroxylation is 1. The Morgan fingerprint density at radius 3 is 2.29 bits per heavy atom. The molecule has 0 unspecified atom stereocenters. The van der Waals surface area contributed by atoms with Crippen LogP contribution in [0.1, 0.15) is 26.3 Å². The van der Waals surface area contributed by atoms with Crippen molar-refractivity contribution < 1.29 is 23.9 Å². The van der Waals surface area contributed by atoms with E-state index in [1.165, 1.54) is 12.0 Å². The minimum atomic E-state index is -0.308. The summed E-state index contributed by atoms with van der Waals surface area (Å²) in [5.41, 5.74) is 4.57. The molecule has 45 heavy (non-hydrogen) atoms. The maximum absolute atomic E-state index is 13.6. The van der Waals surface area contributed by atoms with Crippen LogP contribution in [0.15, 0.2) is 91.0 Å². The zero-order valence-corrected chi connectivity index (χ0v) is 26.1. The molecule has 3 amide bonds. The minimum Gasteiger partial charge on any atom is -0.495 e. The number of carbonyl (C=O) groups excluding carboxylic acids is 3. The quantitative estimate of drug-likeness (QED) is 0.276. The van der Waals surface area contributed by atoms with Crippen LogP contribution < -0.4 is 19.7 Å². The lowest BCUT2D eigenvalue weighted by molar-refractivity contribution is -0.134. The monoisotopic (exact) mass is 606 g/mol. The van der Waals surface area contributed by atoms with Crippen molar-refractivity contribution in [1.82, 2.24) is 9.80 Å². The molecule has 0 radical (unpaired) electrons. The van der Waals surface area contributed by atoms with Crippen LogP contribution in [-0.2, 0) is 4.79 Å². The maximum Gasteiger partial charge on any atom is 0.260 e. The van der Waals surface area contributed by atoms with Crippen LogP contribution in [-0.4, -0.2) is 81.5 Å². The van der Waals surface area contributed by atoms with Crippen molar-refractivity contribution in [2.24, 2.45) is 0 Å². The number of hydrogen-bond donors (Lipinski definition) is 1. The fourth-order valence-corrected chi connectivity index (χ4v) is 5.28. The molecule has 0 aromatic heterocycles. The highest BCUT2D eigenvalue weighted by atomic mass is 16.5. The lowest BCUT2D eigenvalue weighted by atomic mass is 9.97. The van der Waals surface area contributed by atoms with Gasteiger partial charge in [0.15, 0.2) is 6.61 Å². The van der Waals surface area contributed by atoms with Gasteiger partial charge in [-0.25, -0.2) is 0 Å². The first-order valence-corrected chi connectivity index (χ1v) is 14.9. The Labute approximate surface area is 264 Å². The van der Waals surface area contributed by atoms with Crippen molar-refractivity contribution in [3.8, 4) is 22.6 Å². The molecule has 0 spiro atoms. The molecule has 5 rings (SSSR count). The Morgan fingerprint density at radius 1 is 0.844 bits per heavy atom. The number of ether oxygens (including phenoxy) is 2. The van der Waals surface area contributed by atoms with E-state index in [0.29, 0.717) is 47.1 Å². The number of amides is 3. The van der Waals surface area contributed by atoms with E-state index in [1.54, 1.807) is 48.3 Å². The first-order valence-electron chi connectivity index (χ1n) is 14.9. The molecule has 1 N–H and O–H groups in total. The van der Waals surface area contributed by atoms with Gasteiger partial charge in [-0.05, 0) is 61.5 Å². The summed E-state index contributed by atoms with van der Waals surface area (Å²) in [5.74, 6) is 0.0931. The Bertz CT molecular complexity index is 1680. The van der Waals surface area contributed by atoms with Crippen LogP contribution >= 0.6 is 0 Å². The molecule has 1 fully saturated rings. The summed E-state index contributed by atoms with van der Waals surface area (Å²) in [6, 6.07) is 27.5. The molecule has 0 bridgehead atoms. The van der Waals surface area contributed by atoms with Crippen molar-refractivity contribution >= 4 is 29.1 Å². The van der Waals surface area contributed by atoms with E-state index in [-0.39, 0.29) is 24.3 Å². The second kappa shape index (κ2) is 14.1. The SMILES string of the molecule is COc1cc(C(=O)N(C)c2ccccc2OCC(=O)N2CCN(C)CC2)ccc1NC(=O)c1cc(C)ccc1-c1ccccc1. The molecule has 0 atom stereocenters. The second-order valence-electron chi connectivity index (χ2n) is 11.1. The minimum absolute atomic E-state index is 0.0872. The Morgan fingerprint density at radius 2 is 1.56 bits per heavy atom. The molecule has 0 aliphatic carbocycles. The zero-order chi connectivity index (χ0) is 31.9. The summed E-state index contributed by atoms with van der Waals surface area (Å²) < 4.78 is 11.5. The predicted molar refractivity (Wildman–Crippen MR) is 176 cm³/mol. The highest BCUT2D eigenvalue weighted by Crippen LogP contribution is 2.32. The molecule has 0 saturated carbocycles. The maximum atomic E-state index is 13.6. The fraction of sp³-hybridized carbons (Fsp3) is 0.250. The molecule has 4 aromatic carbocycles. The number of piperazine rings is 1. The van der Waals surface area contributed by atoms with E-state index in [2.05, 4.69) is 10.2 Å². The summed E-state index contributed by atoms with van der Waals surface area (Å²) in [6.45, 7) is 4.81. The third-order valence-electron chi connectivity index (χ3n) is 7.94. The first-order chi connectivity index (χ1) is 21.7. The van der Waals surface area contributed by atoms with E-state index < -0.39 is 0 Å². The number of para-hydroxylation sites is 2. The number of nitrogens with zero attached hydrogens (tertiary/aromatic N) is 3. The van der Waals surface area contributed by atoms with E-state index in [1.807, 2.05) is 68.6 Å². The van der Waals surface area contributed by atoms with Gasteiger partial charge in [-0.1, -0.05) is 60.2 Å². The smallest absolute Gasteiger partial charge is 0.260 e. The molecule has 4 aromatic rings. The van der Waals surface area contributed by atoms with Gasteiger partial charge in [-0.2, -0.15) is 0 Å². The lowest BCUT2D eigenvalue weighted by Crippen LogP contribution is -2.48. The molecule has 1 heterocycles. The van der Waals surface area contributed by atoms with Crippen LogP contribution in [0.5, 0.6) is 11.5 Å². The van der Waals surface area contributed by atoms with Crippen molar-refractivity contribution in [2.45, 2.75) is 6.92 Å². The Hall–Kier alpha value is -5.15. The number of nitrogens with one attached hydrogen (secondary N) is 1. The molecule has 9 heteroatoms. The summed E-state index contributed by atoms with van der Waals surface area (Å²) in [7, 11) is 5.18. The van der Waals surface area contributed by atoms with Crippen LogP contribution in [0.4, 0.5) is 11.4 Å². The number of methoxy groups -OCH3 is 1. The molecule has 1 saturated heterocycles. The molecule has 1 aliphatic heterocycles. The summed E-state index contributed by atoms with van der Waals surface area (Å²) in [4.78, 5) is 45.3. The van der Waals surface area contributed by atoms with Gasteiger partial charge in [-0.15, -0.1) is 0 Å². The van der Waals surface area contributed by atoms with Gasteiger partial charge in [0, 0.05) is 44.4 Å². The van der Waals surface area contributed by atoms with Crippen molar-refractivity contribution in [1.29, 1.82) is 0 Å². The van der Waals surface area contributed by atoms with Crippen LogP contribution in [0.25, 0.3) is 11.1 Å². The topological polar surface area (TPSA) is 91.4 Å². The summed E-state index contributed by atoms with van der Waals surface area (Å²) in [6.07, 6.45) is 0. The molecule has 232 valence electrons. The summed E-state index contributed by atoms with van der Waals surface area (Å²) >= 11 is 0. The van der Waals surface area contributed by atoms with Gasteiger partial charge < -0.3 is 29.5 Å². The normalized spacial score (nSPS) is 13.2. The van der Waals surface area contributed by atoms with Gasteiger partial charge in [0.25, 0.3) is 17.7 Å². The first kappa shape index (κ1) is 31.3. The van der Waals surface area contributed by atoms with E-state index in [4.69, 9.17) is 9.47 Å². The van der Waals surface area contributed by atoms with E-state index in [9.17, 15) is 14.4 Å². The summed E-state index contributed by atoms with van der Waals surface area (Å²) in [5, 5.41) is 2.96. The number of hydrogen-bond acceptors (Lipinski definition) is 6. The van der Waals surface area contributed by atoms with Crippen molar-refractivity contribution in [3.05, 3.63) is 108 Å². The molecular formula is C36H38N4O5. The number of benzene rings is 4. The lowest BCUT2D eigenvalue weighted by Gasteiger charge is -2.32. The Kier molecular flexibility index (Phi) is 9.79. The van der Waals surface area contributed by atoms with Gasteiger partial charge in [0.1, 0.15) is 11.5 Å². The van der Waals surface area contributed by atoms with Crippen LogP contribution in [0, 0.1) is 6.92 Å². The Balaban J connectivity index is 1.31. The fourth-order valence-electron chi connectivity index (χ4n) is 5.28. The average Bonchev–Trinajstić information content (AvgIpc) is 3.07. The molecule has 1 aliphatic rings. The zero-order valence-electron chi connectivity index (χ0n) is 26.1. The highest BCUT2D eigenvalue weighted by molar-refractivity contribution is 6.10. The van der Waals surface area contributed by atoms with Crippen LogP contribution in [0.3, 0.4) is 0 Å². The number of likely N-dealkylation sites (N-methyl/N-ethyl adjacent to an activating group) is 1. The van der Waals surface area contributed by atoms with Gasteiger partial charge in [0.05, 0.1) is 18.5 Å². The number of rotatable bonds is 9. The standard InChI is InChI=1S/C36H38N4O5/c1-25-14-16-28(26-10-6-5-7-11-26)29(22-25)35(42)37-30-17-15-27(23-33(30)44-4)36(43)39(3)31-12-8-9-13-32(31)45-24-34(41)40-20-18-38(2)19-21-40/h5-17,22-23H,18-21,24H2,1-4H3,(H,37,42). The number of carbonyl (C=O) groups is 3. The van der Waals surface area contributed by atoms with Gasteiger partial charge >= 0.3 is 0 Å². The van der Waals surface area contributed by atoms with E-state index in [0.717, 1.165) is 29.8 Å². The number of anilines is 2. The van der Waals surface area contributed by atoms with Gasteiger partial charge in [0.2, 0.25) is 0 Å². The molecule has 9 nitrogen and oxygen atoms in total. The second-order valence-corrected chi connectivity index (χ2v) is 11.1. The third-order valence-corrected chi connectivity index (χ3v) is 7.94. The van der Waals surface area contributed by atoms with Crippen molar-refractivity contribution in [3.63, 3.8) is 0 Å². The third kappa shape index (κ3) is 7.33. The highest BCUT2D eigenvalue weighted by Gasteiger charge is 2.23. The van der Waals surface area contributed by atoms with E-state index >= 15 is 0 Å². The molecular weight excluding hydrogens is 568 g/mol. The predicted octanol–water partition coefficient (Wildman–Crippen LogP) is 5.35. The van der Waals surface area contributed by atoms with Crippen molar-refractivity contribution in [2.75, 3.05) is 64.2 Å².